The van der Waals surface area contributed by atoms with Crippen LogP contribution in [-0.4, -0.2) is 42.6 Å². The second-order valence-electron chi connectivity index (χ2n) is 5.61. The highest BCUT2D eigenvalue weighted by molar-refractivity contribution is 6.00. The number of rotatable bonds is 6. The van der Waals surface area contributed by atoms with E-state index in [1.54, 1.807) is 24.4 Å². The van der Waals surface area contributed by atoms with Gasteiger partial charge in [-0.05, 0) is 26.2 Å². The highest BCUT2D eigenvalue weighted by atomic mass is 16.2. The summed E-state index contributed by atoms with van der Waals surface area (Å²) in [5, 5.41) is 3.03. The number of fused-ring (bicyclic) bond motifs is 1. The fraction of sp³-hybridized carbons (Fsp3) is 0.294. The summed E-state index contributed by atoms with van der Waals surface area (Å²) in [7, 11) is 3.94. The van der Waals surface area contributed by atoms with Crippen molar-refractivity contribution in [1.82, 2.24) is 14.8 Å². The molecule has 3 N–H and O–H groups in total. The van der Waals surface area contributed by atoms with Crippen LogP contribution in [0.5, 0.6) is 0 Å². The maximum absolute atomic E-state index is 12.7. The van der Waals surface area contributed by atoms with Gasteiger partial charge in [0, 0.05) is 31.5 Å². The van der Waals surface area contributed by atoms with Crippen LogP contribution in [0.15, 0.2) is 41.8 Å². The number of hydrogen-bond donors (Lipinski definition) is 2. The van der Waals surface area contributed by atoms with E-state index in [0.717, 1.165) is 12.1 Å². The Hall–Kier alpha value is -2.60. The van der Waals surface area contributed by atoms with Crippen molar-refractivity contribution in [2.45, 2.75) is 6.54 Å². The molecule has 1 aromatic heterocycles. The Balaban J connectivity index is 2.61. The van der Waals surface area contributed by atoms with E-state index >= 15 is 0 Å². The molecule has 6 nitrogen and oxygen atoms in total. The molecule has 1 heterocycles. The average molecular weight is 314 g/mol. The van der Waals surface area contributed by atoms with Crippen molar-refractivity contribution in [1.29, 1.82) is 0 Å². The molecule has 1 amide bonds. The molecule has 0 radical (unpaired) electrons. The second kappa shape index (κ2) is 7.11. The molecule has 6 heteroatoms. The predicted molar refractivity (Wildman–Crippen MR) is 93.7 cm³/mol. The first-order valence-corrected chi connectivity index (χ1v) is 7.41. The van der Waals surface area contributed by atoms with E-state index in [1.165, 1.54) is 0 Å². The van der Waals surface area contributed by atoms with Crippen molar-refractivity contribution < 1.29 is 4.79 Å². The van der Waals surface area contributed by atoms with E-state index in [4.69, 9.17) is 5.73 Å². The van der Waals surface area contributed by atoms with Gasteiger partial charge in [0.15, 0.2) is 0 Å². The first-order valence-electron chi connectivity index (χ1n) is 7.41. The van der Waals surface area contributed by atoms with Gasteiger partial charge in [-0.3, -0.25) is 9.59 Å². The van der Waals surface area contributed by atoms with Crippen molar-refractivity contribution in [3.63, 3.8) is 0 Å². The number of pyridine rings is 1. The number of carbonyl (C=O) groups excluding carboxylic acids is 1. The monoisotopic (exact) mass is 314 g/mol. The molecule has 2 rings (SSSR count). The zero-order valence-electron chi connectivity index (χ0n) is 13.5. The summed E-state index contributed by atoms with van der Waals surface area (Å²) in [5.41, 5.74) is 6.84. The fourth-order valence-electron chi connectivity index (χ4n) is 2.38. The Labute approximate surface area is 135 Å². The van der Waals surface area contributed by atoms with Crippen LogP contribution >= 0.6 is 0 Å². The molecular formula is C17H22N4O2. The number of nitrogens with zero attached hydrogens (tertiary/aromatic N) is 2. The molecule has 0 unspecified atom stereocenters. The van der Waals surface area contributed by atoms with Crippen molar-refractivity contribution in [2.75, 3.05) is 32.9 Å². The van der Waals surface area contributed by atoms with Crippen LogP contribution in [0.1, 0.15) is 10.4 Å². The summed E-state index contributed by atoms with van der Waals surface area (Å²) in [6.45, 7) is 5.29. The van der Waals surface area contributed by atoms with E-state index in [1.807, 2.05) is 29.6 Å². The lowest BCUT2D eigenvalue weighted by Crippen LogP contribution is -2.30. The number of carbonyl (C=O) groups is 1. The minimum atomic E-state index is -0.418. The molecule has 1 aromatic carbocycles. The molecule has 0 aliphatic carbocycles. The van der Waals surface area contributed by atoms with Gasteiger partial charge in [0.05, 0.1) is 10.9 Å². The van der Waals surface area contributed by atoms with Crippen molar-refractivity contribution in [3.8, 4) is 0 Å². The number of nitrogen functional groups attached to an aromatic ring is 1. The lowest BCUT2D eigenvalue weighted by atomic mass is 10.1. The summed E-state index contributed by atoms with van der Waals surface area (Å²) >= 11 is 0. The van der Waals surface area contributed by atoms with Crippen LogP contribution in [0.2, 0.25) is 0 Å². The van der Waals surface area contributed by atoms with Crippen LogP contribution in [0.25, 0.3) is 10.9 Å². The van der Waals surface area contributed by atoms with Gasteiger partial charge in [-0.1, -0.05) is 12.1 Å². The number of amides is 1. The number of anilines is 1. The molecule has 122 valence electrons. The van der Waals surface area contributed by atoms with E-state index in [2.05, 4.69) is 11.9 Å². The zero-order valence-corrected chi connectivity index (χ0v) is 13.5. The van der Waals surface area contributed by atoms with Crippen LogP contribution in [0, 0.1) is 0 Å². The quantitative estimate of drug-likeness (QED) is 0.617. The van der Waals surface area contributed by atoms with E-state index in [-0.39, 0.29) is 11.0 Å². The molecule has 0 bridgehead atoms. The molecular weight excluding hydrogens is 292 g/mol. The Bertz CT molecular complexity index is 793. The molecule has 0 spiro atoms. The molecule has 23 heavy (non-hydrogen) atoms. The molecule has 0 aliphatic rings. The summed E-state index contributed by atoms with van der Waals surface area (Å²) in [6, 6.07) is 5.32. The third-order valence-corrected chi connectivity index (χ3v) is 3.58. The standard InChI is InChI=1S/C17H22N4O2/c1-4-8-19-17(23)12-11-21(10-9-20(2)3)14-7-5-6-13(18)15(14)16(12)22/h4-7,11H,1,8-10,18H2,2-3H3,(H,19,23). The number of nitrogens with two attached hydrogens (primary N) is 1. The SMILES string of the molecule is C=CCNC(=O)c1cn(CCN(C)C)c2cccc(N)c2c1=O. The van der Waals surface area contributed by atoms with Crippen LogP contribution in [-0.2, 0) is 6.54 Å². The van der Waals surface area contributed by atoms with Gasteiger partial charge in [-0.25, -0.2) is 0 Å². The molecule has 0 fully saturated rings. The number of nitrogens with one attached hydrogen (secondary N) is 1. The second-order valence-corrected chi connectivity index (χ2v) is 5.61. The molecule has 2 aromatic rings. The van der Waals surface area contributed by atoms with Crippen molar-refractivity contribution in [2.24, 2.45) is 0 Å². The van der Waals surface area contributed by atoms with Gasteiger partial charge in [-0.15, -0.1) is 6.58 Å². The van der Waals surface area contributed by atoms with Gasteiger partial charge in [0.2, 0.25) is 5.43 Å². The van der Waals surface area contributed by atoms with Crippen LogP contribution in [0.4, 0.5) is 5.69 Å². The smallest absolute Gasteiger partial charge is 0.257 e. The molecule has 0 atom stereocenters. The summed E-state index contributed by atoms with van der Waals surface area (Å²) in [5.74, 6) is -0.418. The van der Waals surface area contributed by atoms with Crippen LogP contribution < -0.4 is 16.5 Å². The minimum Gasteiger partial charge on any atom is -0.398 e. The van der Waals surface area contributed by atoms with Gasteiger partial charge < -0.3 is 20.5 Å². The number of likely N-dealkylation sites (N-methyl/N-ethyl adjacent to an activating group) is 1. The number of hydrogen-bond acceptors (Lipinski definition) is 4. The largest absolute Gasteiger partial charge is 0.398 e. The van der Waals surface area contributed by atoms with Crippen molar-refractivity contribution >= 4 is 22.5 Å². The molecule has 0 saturated carbocycles. The molecule has 0 aliphatic heterocycles. The number of aromatic nitrogens is 1. The Morgan fingerprint density at radius 1 is 1.43 bits per heavy atom. The van der Waals surface area contributed by atoms with Gasteiger partial charge in [0.25, 0.3) is 5.91 Å². The average Bonchev–Trinajstić information content (AvgIpc) is 2.51. The van der Waals surface area contributed by atoms with Gasteiger partial charge in [0.1, 0.15) is 5.56 Å². The zero-order chi connectivity index (χ0) is 17.0. The highest BCUT2D eigenvalue weighted by Crippen LogP contribution is 2.18. The normalized spacial score (nSPS) is 10.9. The maximum atomic E-state index is 12.7. The van der Waals surface area contributed by atoms with Gasteiger partial charge in [-0.2, -0.15) is 0 Å². The maximum Gasteiger partial charge on any atom is 0.257 e. The summed E-state index contributed by atoms with van der Waals surface area (Å²) in [4.78, 5) is 26.9. The third-order valence-electron chi connectivity index (χ3n) is 3.58. The Morgan fingerprint density at radius 3 is 2.83 bits per heavy atom. The summed E-state index contributed by atoms with van der Waals surface area (Å²) in [6.07, 6.45) is 3.17. The lowest BCUT2D eigenvalue weighted by Gasteiger charge is -2.16. The molecule has 0 saturated heterocycles. The fourth-order valence-corrected chi connectivity index (χ4v) is 2.38. The number of benzene rings is 1. The minimum absolute atomic E-state index is 0.0935. The summed E-state index contributed by atoms with van der Waals surface area (Å²) < 4.78 is 1.90. The van der Waals surface area contributed by atoms with E-state index < -0.39 is 5.91 Å². The third kappa shape index (κ3) is 3.60. The Kier molecular flexibility index (Phi) is 5.18. The van der Waals surface area contributed by atoms with Crippen LogP contribution in [0.3, 0.4) is 0 Å². The topological polar surface area (TPSA) is 80.4 Å². The van der Waals surface area contributed by atoms with Gasteiger partial charge >= 0.3 is 0 Å². The van der Waals surface area contributed by atoms with E-state index in [9.17, 15) is 9.59 Å². The highest BCUT2D eigenvalue weighted by Gasteiger charge is 2.16. The lowest BCUT2D eigenvalue weighted by molar-refractivity contribution is 0.0956. The Morgan fingerprint density at radius 2 is 2.17 bits per heavy atom. The van der Waals surface area contributed by atoms with Crippen molar-refractivity contribution in [3.05, 3.63) is 52.8 Å². The van der Waals surface area contributed by atoms with E-state index in [0.29, 0.717) is 24.2 Å². The predicted octanol–water partition coefficient (Wildman–Crippen LogP) is 1.06. The first-order chi connectivity index (χ1) is 11.0. The first kappa shape index (κ1) is 16.8.